The largest absolute Gasteiger partial charge is 0.493 e. The highest BCUT2D eigenvalue weighted by molar-refractivity contribution is 8.26. The third-order valence-corrected chi connectivity index (χ3v) is 9.87. The lowest BCUT2D eigenvalue weighted by Crippen LogP contribution is -2.35. The van der Waals surface area contributed by atoms with Crippen molar-refractivity contribution in [2.45, 2.75) is 19.1 Å². The van der Waals surface area contributed by atoms with Crippen LogP contribution in [0, 0.1) is 0 Å². The van der Waals surface area contributed by atoms with E-state index in [1.165, 1.54) is 17.0 Å². The number of halogens is 4. The minimum Gasteiger partial charge on any atom is -0.493 e. The van der Waals surface area contributed by atoms with Gasteiger partial charge in [-0.2, -0.15) is 13.2 Å². The number of carbonyl (C=O) groups excluding carboxylic acids is 1. The van der Waals surface area contributed by atoms with Gasteiger partial charge >= 0.3 is 12.1 Å². The van der Waals surface area contributed by atoms with Crippen LogP contribution in [0.5, 0.6) is 11.5 Å². The molecule has 0 spiro atoms. The number of thiocarbonyl (C=S) groups is 1. The number of carbonyl (C=O) groups is 2. The van der Waals surface area contributed by atoms with E-state index in [0.29, 0.717) is 71.2 Å². The van der Waals surface area contributed by atoms with Crippen molar-refractivity contribution in [1.29, 1.82) is 0 Å². The van der Waals surface area contributed by atoms with Gasteiger partial charge in [-0.25, -0.2) is 4.79 Å². The molecule has 3 aromatic rings. The molecule has 51 heavy (non-hydrogen) atoms. The molecule has 0 saturated carbocycles. The van der Waals surface area contributed by atoms with Crippen LogP contribution in [0.2, 0.25) is 5.02 Å². The molecule has 9 nitrogen and oxygen atoms in total. The van der Waals surface area contributed by atoms with E-state index in [2.05, 4.69) is 4.90 Å². The van der Waals surface area contributed by atoms with Gasteiger partial charge in [-0.3, -0.25) is 14.6 Å². The van der Waals surface area contributed by atoms with Gasteiger partial charge in [0.15, 0.2) is 0 Å². The highest BCUT2D eigenvalue weighted by Crippen LogP contribution is 2.39. The minimum atomic E-state index is -4.55. The zero-order chi connectivity index (χ0) is 36.7. The quantitative estimate of drug-likeness (QED) is 0.104. The van der Waals surface area contributed by atoms with Crippen LogP contribution in [0.4, 0.5) is 13.2 Å². The molecule has 15 heteroatoms. The number of carboxylic acid groups (broad SMARTS) is 1. The number of likely N-dealkylation sites (N-methyl/N-ethyl adjacent to an activating group) is 1. The number of benzene rings is 3. The Labute approximate surface area is 308 Å². The zero-order valence-electron chi connectivity index (χ0n) is 28.0. The maximum absolute atomic E-state index is 13.6. The van der Waals surface area contributed by atoms with Crippen LogP contribution in [-0.2, 0) is 22.3 Å². The molecule has 0 atom stereocenters. The Balaban J connectivity index is 1.31. The summed E-state index contributed by atoms with van der Waals surface area (Å²) in [5, 5.41) is 9.66. The second-order valence-electron chi connectivity index (χ2n) is 12.1. The van der Waals surface area contributed by atoms with Crippen LogP contribution < -0.4 is 9.47 Å². The lowest BCUT2D eigenvalue weighted by atomic mass is 9.99. The van der Waals surface area contributed by atoms with Crippen LogP contribution in [0.25, 0.3) is 17.2 Å². The molecular formula is C36H37ClF3N3O6S2. The Morgan fingerprint density at radius 3 is 2.49 bits per heavy atom. The van der Waals surface area contributed by atoms with E-state index in [1.807, 2.05) is 19.0 Å². The molecule has 1 amide bonds. The van der Waals surface area contributed by atoms with Gasteiger partial charge in [0.25, 0.3) is 5.91 Å². The number of nitrogens with zero attached hydrogens (tertiary/aromatic N) is 3. The van der Waals surface area contributed by atoms with Crippen molar-refractivity contribution in [3.63, 3.8) is 0 Å². The van der Waals surface area contributed by atoms with E-state index < -0.39 is 17.7 Å². The third kappa shape index (κ3) is 10.2. The van der Waals surface area contributed by atoms with E-state index in [1.54, 1.807) is 36.4 Å². The summed E-state index contributed by atoms with van der Waals surface area (Å²) in [4.78, 5) is 31.1. The average molecular weight is 764 g/mol. The van der Waals surface area contributed by atoms with Crippen molar-refractivity contribution in [3.8, 4) is 22.6 Å². The Morgan fingerprint density at radius 2 is 1.78 bits per heavy atom. The molecule has 1 N–H and O–H groups in total. The average Bonchev–Trinajstić information content (AvgIpc) is 3.35. The summed E-state index contributed by atoms with van der Waals surface area (Å²) in [6, 6.07) is 12.9. The first-order chi connectivity index (χ1) is 24.3. The third-order valence-electron chi connectivity index (χ3n) is 8.16. The number of hydrogen-bond acceptors (Lipinski definition) is 9. The van der Waals surface area contributed by atoms with Gasteiger partial charge in [0, 0.05) is 54.4 Å². The molecule has 2 aliphatic rings. The Morgan fingerprint density at radius 1 is 1.06 bits per heavy atom. The summed E-state index contributed by atoms with van der Waals surface area (Å²) in [6.07, 6.45) is -2.47. The fraction of sp³-hybridized carbons (Fsp3) is 0.361. The molecule has 5 rings (SSSR count). The van der Waals surface area contributed by atoms with Crippen LogP contribution in [0.15, 0.2) is 59.5 Å². The van der Waals surface area contributed by atoms with Gasteiger partial charge in [0.2, 0.25) is 0 Å². The van der Waals surface area contributed by atoms with E-state index in [-0.39, 0.29) is 35.2 Å². The number of aromatic carboxylic acids is 1. The van der Waals surface area contributed by atoms with Crippen molar-refractivity contribution in [3.05, 3.63) is 86.8 Å². The number of morpholine rings is 1. The Kier molecular flexibility index (Phi) is 13.0. The predicted octanol–water partition coefficient (Wildman–Crippen LogP) is 7.17. The first-order valence-electron chi connectivity index (χ1n) is 16.1. The van der Waals surface area contributed by atoms with Crippen LogP contribution >= 0.6 is 35.6 Å². The summed E-state index contributed by atoms with van der Waals surface area (Å²) < 4.78 is 58.5. The first-order valence-corrected chi connectivity index (χ1v) is 17.7. The van der Waals surface area contributed by atoms with Gasteiger partial charge in [-0.1, -0.05) is 41.6 Å². The Bertz CT molecular complexity index is 1800. The van der Waals surface area contributed by atoms with Crippen molar-refractivity contribution >= 4 is 57.9 Å². The molecule has 0 unspecified atom stereocenters. The zero-order valence-corrected chi connectivity index (χ0v) is 30.4. The van der Waals surface area contributed by atoms with Gasteiger partial charge in [-0.15, -0.1) is 0 Å². The van der Waals surface area contributed by atoms with Crippen LogP contribution in [-0.4, -0.2) is 103 Å². The number of alkyl halides is 3. The molecule has 2 heterocycles. The smallest absolute Gasteiger partial charge is 0.416 e. The molecule has 272 valence electrons. The number of rotatable bonds is 14. The number of carboxylic acids is 1. The summed E-state index contributed by atoms with van der Waals surface area (Å²) in [7, 11) is 3.80. The highest BCUT2D eigenvalue weighted by atomic mass is 35.5. The lowest BCUT2D eigenvalue weighted by molar-refractivity contribution is -0.137. The first kappa shape index (κ1) is 38.6. The second kappa shape index (κ2) is 17.2. The minimum absolute atomic E-state index is 0.148. The maximum Gasteiger partial charge on any atom is 0.416 e. The number of thioether (sulfide) groups is 1. The van der Waals surface area contributed by atoms with E-state index >= 15 is 0 Å². The van der Waals surface area contributed by atoms with E-state index in [9.17, 15) is 27.9 Å². The van der Waals surface area contributed by atoms with Crippen molar-refractivity contribution in [2.75, 3.05) is 66.7 Å². The monoisotopic (exact) mass is 763 g/mol. The Hall–Kier alpha value is -3.66. The summed E-state index contributed by atoms with van der Waals surface area (Å²) in [5.74, 6) is -0.320. The van der Waals surface area contributed by atoms with Crippen LogP contribution in [0.3, 0.4) is 0 Å². The fourth-order valence-electron chi connectivity index (χ4n) is 5.44. The van der Waals surface area contributed by atoms with Crippen molar-refractivity contribution in [1.82, 2.24) is 14.7 Å². The van der Waals surface area contributed by atoms with E-state index in [0.717, 1.165) is 42.5 Å². The second-order valence-corrected chi connectivity index (χ2v) is 14.2. The van der Waals surface area contributed by atoms with Crippen molar-refractivity contribution in [2.24, 2.45) is 0 Å². The fourth-order valence-corrected chi connectivity index (χ4v) is 6.96. The molecule has 3 aromatic carbocycles. The highest BCUT2D eigenvalue weighted by Gasteiger charge is 2.33. The maximum atomic E-state index is 13.6. The van der Waals surface area contributed by atoms with Gasteiger partial charge in [0.05, 0.1) is 35.9 Å². The molecule has 0 radical (unpaired) electrons. The SMILES string of the molecule is CN(C)CCOc1ccc(-c2cc(C(F)(F)F)ccc2Cl)cc1C=C1SC(=S)N(CCCOc2ccc(C(=O)O)cc2CN2CCOCC2)C1=O. The van der Waals surface area contributed by atoms with E-state index in [4.69, 9.17) is 38.0 Å². The summed E-state index contributed by atoms with van der Waals surface area (Å²) in [5.41, 5.74) is 1.20. The standard InChI is InChI=1S/C36H37ClF3N3O6S2/c1-41(2)11-17-49-30-8-4-23(28-21-27(36(38,39)40)6-7-29(28)37)18-25(30)20-32-33(44)43(35(50)51-32)10-3-14-48-31-9-5-24(34(45)46)19-26(31)22-42-12-15-47-16-13-42/h4-9,18-21H,3,10-17,22H2,1-2H3,(H,45,46). The topological polar surface area (TPSA) is 91.8 Å². The van der Waals surface area contributed by atoms with Gasteiger partial charge in [0.1, 0.15) is 22.4 Å². The van der Waals surface area contributed by atoms with Gasteiger partial charge in [-0.05, 0) is 80.7 Å². The number of amides is 1. The molecule has 2 saturated heterocycles. The lowest BCUT2D eigenvalue weighted by Gasteiger charge is -2.27. The summed E-state index contributed by atoms with van der Waals surface area (Å²) in [6.45, 7) is 4.66. The normalized spacial score (nSPS) is 16.4. The van der Waals surface area contributed by atoms with Crippen LogP contribution in [0.1, 0.15) is 33.5 Å². The number of ether oxygens (including phenoxy) is 3. The molecular weight excluding hydrogens is 727 g/mol. The molecule has 2 aliphatic heterocycles. The predicted molar refractivity (Wildman–Crippen MR) is 195 cm³/mol. The van der Waals surface area contributed by atoms with Crippen molar-refractivity contribution < 1.29 is 42.1 Å². The molecule has 0 bridgehead atoms. The van der Waals surface area contributed by atoms with Gasteiger partial charge < -0.3 is 24.2 Å². The number of hydrogen-bond donors (Lipinski definition) is 1. The molecule has 0 aromatic heterocycles. The summed E-state index contributed by atoms with van der Waals surface area (Å²) >= 11 is 13.0. The molecule has 0 aliphatic carbocycles. The molecule has 2 fully saturated rings.